The van der Waals surface area contributed by atoms with Gasteiger partial charge in [0.15, 0.2) is 5.82 Å². The molecule has 0 bridgehead atoms. The van der Waals surface area contributed by atoms with Crippen molar-refractivity contribution in [1.82, 2.24) is 5.32 Å². The Bertz CT molecular complexity index is 385. The summed E-state index contributed by atoms with van der Waals surface area (Å²) in [4.78, 5) is 9.51. The monoisotopic (exact) mass is 221 g/mol. The number of aryl methyl sites for hydroxylation is 1. The van der Waals surface area contributed by atoms with Crippen LogP contribution in [0.3, 0.4) is 0 Å². The Hall–Kier alpha value is -2.04. The molecule has 0 aliphatic carbocycles. The maximum Gasteiger partial charge on any atom is 0.273 e. The number of nitrogens with one attached hydrogen (secondary N) is 1. The van der Waals surface area contributed by atoms with Crippen molar-refractivity contribution in [3.05, 3.63) is 57.5 Å². The first-order valence-corrected chi connectivity index (χ1v) is 4.98. The summed E-state index contributed by atoms with van der Waals surface area (Å²) in [6, 6.07) is 8.13. The van der Waals surface area contributed by atoms with E-state index in [0.29, 0.717) is 6.54 Å². The lowest BCUT2D eigenvalue weighted by Crippen LogP contribution is -2.23. The van der Waals surface area contributed by atoms with Crippen molar-refractivity contribution >= 4 is 0 Å². The molecule has 0 saturated heterocycles. The highest BCUT2D eigenvalue weighted by atomic mass is 16.6. The van der Waals surface area contributed by atoms with E-state index in [2.05, 4.69) is 5.32 Å². The zero-order chi connectivity index (χ0) is 12.0. The fraction of sp³-hybridized carbons (Fsp3) is 0.273. The molecule has 3 N–H and O–H groups in total. The van der Waals surface area contributed by atoms with Crippen LogP contribution in [0.5, 0.6) is 0 Å². The van der Waals surface area contributed by atoms with E-state index in [-0.39, 0.29) is 5.82 Å². The fourth-order valence-electron chi connectivity index (χ4n) is 1.27. The molecule has 0 saturated carbocycles. The number of nitro groups is 1. The summed E-state index contributed by atoms with van der Waals surface area (Å²) in [5.74, 6) is 0.0807. The van der Waals surface area contributed by atoms with E-state index in [9.17, 15) is 10.1 Å². The van der Waals surface area contributed by atoms with Crippen molar-refractivity contribution in [3.8, 4) is 0 Å². The van der Waals surface area contributed by atoms with E-state index in [0.717, 1.165) is 12.6 Å². The molecule has 0 spiro atoms. The highest BCUT2D eigenvalue weighted by Crippen LogP contribution is 2.03. The van der Waals surface area contributed by atoms with E-state index < -0.39 is 4.92 Å². The third kappa shape index (κ3) is 4.45. The van der Waals surface area contributed by atoms with Crippen molar-refractivity contribution in [2.75, 3.05) is 6.54 Å². The van der Waals surface area contributed by atoms with Gasteiger partial charge in [-0.3, -0.25) is 10.1 Å². The molecule has 0 aromatic heterocycles. The lowest BCUT2D eigenvalue weighted by Gasteiger charge is -2.04. The average molecular weight is 221 g/mol. The Morgan fingerprint density at radius 2 is 2.12 bits per heavy atom. The number of nitrogens with two attached hydrogens (primary N) is 1. The lowest BCUT2D eigenvalue weighted by atomic mass is 10.1. The highest BCUT2D eigenvalue weighted by Gasteiger charge is 1.97. The first-order valence-electron chi connectivity index (χ1n) is 4.98. The maximum absolute atomic E-state index is 10.1. The minimum Gasteiger partial charge on any atom is -0.380 e. The van der Waals surface area contributed by atoms with Gasteiger partial charge in [-0.1, -0.05) is 29.8 Å². The minimum atomic E-state index is -0.575. The van der Waals surface area contributed by atoms with E-state index >= 15 is 0 Å². The van der Waals surface area contributed by atoms with Crippen molar-refractivity contribution in [1.29, 1.82) is 0 Å². The number of nitrogens with zero attached hydrogens (tertiary/aromatic N) is 1. The molecule has 16 heavy (non-hydrogen) atoms. The third-order valence-corrected chi connectivity index (χ3v) is 2.11. The summed E-state index contributed by atoms with van der Waals surface area (Å²) in [5.41, 5.74) is 7.76. The first kappa shape index (κ1) is 12.0. The number of hydrogen-bond acceptors (Lipinski definition) is 4. The van der Waals surface area contributed by atoms with E-state index in [1.165, 1.54) is 11.1 Å². The molecule has 1 rings (SSSR count). The number of rotatable bonds is 5. The predicted octanol–water partition coefficient (Wildman–Crippen LogP) is 1.16. The molecule has 0 fully saturated rings. The molecule has 0 atom stereocenters. The van der Waals surface area contributed by atoms with Crippen LogP contribution in [0.1, 0.15) is 11.1 Å². The summed E-state index contributed by atoms with van der Waals surface area (Å²) in [7, 11) is 0. The van der Waals surface area contributed by atoms with E-state index in [1.807, 2.05) is 31.2 Å². The molecule has 5 nitrogen and oxygen atoms in total. The van der Waals surface area contributed by atoms with Crippen molar-refractivity contribution < 1.29 is 4.92 Å². The quantitative estimate of drug-likeness (QED) is 0.577. The first-order chi connectivity index (χ1) is 7.58. The molecule has 5 heteroatoms. The molecule has 0 aliphatic heterocycles. The molecule has 1 aromatic carbocycles. The standard InChI is InChI=1S/C11H15N3O2/c1-9-2-4-10(5-3-9)6-7-13-11(12)8-14(15)16/h2-5,8,13H,6-7,12H2,1H3/b11-8+. The minimum absolute atomic E-state index is 0.0807. The van der Waals surface area contributed by atoms with Crippen LogP contribution in [0.2, 0.25) is 0 Å². The van der Waals surface area contributed by atoms with Crippen molar-refractivity contribution in [3.63, 3.8) is 0 Å². The summed E-state index contributed by atoms with van der Waals surface area (Å²) >= 11 is 0. The van der Waals surface area contributed by atoms with E-state index in [4.69, 9.17) is 5.73 Å². The van der Waals surface area contributed by atoms with Gasteiger partial charge in [0, 0.05) is 6.54 Å². The summed E-state index contributed by atoms with van der Waals surface area (Å²) in [6.07, 6.45) is 1.54. The van der Waals surface area contributed by atoms with Crippen molar-refractivity contribution in [2.24, 2.45) is 5.73 Å². The van der Waals surface area contributed by atoms with Gasteiger partial charge in [0.1, 0.15) is 0 Å². The Kier molecular flexibility index (Phi) is 4.32. The molecular weight excluding hydrogens is 206 g/mol. The normalized spacial score (nSPS) is 11.2. The number of benzene rings is 1. The molecule has 0 amide bonds. The largest absolute Gasteiger partial charge is 0.380 e. The van der Waals surface area contributed by atoms with Crippen LogP contribution in [-0.2, 0) is 6.42 Å². The van der Waals surface area contributed by atoms with Crippen molar-refractivity contribution in [2.45, 2.75) is 13.3 Å². The molecule has 0 unspecified atom stereocenters. The SMILES string of the molecule is Cc1ccc(CCN/C(N)=C/[N+](=O)[O-])cc1. The molecule has 86 valence electrons. The van der Waals surface area contributed by atoms with Gasteiger partial charge in [-0.15, -0.1) is 0 Å². The van der Waals surface area contributed by atoms with Gasteiger partial charge < -0.3 is 11.1 Å². The second-order valence-electron chi connectivity index (χ2n) is 3.53. The van der Waals surface area contributed by atoms with Gasteiger partial charge in [0.05, 0.1) is 4.92 Å². The molecule has 0 heterocycles. The molecular formula is C11H15N3O2. The van der Waals surface area contributed by atoms with Gasteiger partial charge in [0.2, 0.25) is 0 Å². The Morgan fingerprint density at radius 3 is 2.69 bits per heavy atom. The smallest absolute Gasteiger partial charge is 0.273 e. The van der Waals surface area contributed by atoms with Crippen LogP contribution in [0.25, 0.3) is 0 Å². The second kappa shape index (κ2) is 5.75. The zero-order valence-electron chi connectivity index (χ0n) is 9.14. The van der Waals surface area contributed by atoms with Crippen LogP contribution < -0.4 is 11.1 Å². The van der Waals surface area contributed by atoms with Crippen LogP contribution >= 0.6 is 0 Å². The molecule has 0 radical (unpaired) electrons. The number of hydrogen-bond donors (Lipinski definition) is 2. The lowest BCUT2D eigenvalue weighted by molar-refractivity contribution is -0.403. The second-order valence-corrected chi connectivity index (χ2v) is 3.53. The van der Waals surface area contributed by atoms with Crippen LogP contribution in [0, 0.1) is 17.0 Å². The fourth-order valence-corrected chi connectivity index (χ4v) is 1.27. The van der Waals surface area contributed by atoms with Gasteiger partial charge in [-0.2, -0.15) is 0 Å². The Labute approximate surface area is 94.1 Å². The Morgan fingerprint density at radius 1 is 1.50 bits per heavy atom. The Balaban J connectivity index is 2.36. The summed E-state index contributed by atoms with van der Waals surface area (Å²) in [5, 5.41) is 12.9. The molecule has 1 aromatic rings. The van der Waals surface area contributed by atoms with Crippen LogP contribution in [-0.4, -0.2) is 11.5 Å². The molecule has 0 aliphatic rings. The topological polar surface area (TPSA) is 81.2 Å². The summed E-state index contributed by atoms with van der Waals surface area (Å²) < 4.78 is 0. The average Bonchev–Trinajstić information content (AvgIpc) is 2.20. The van der Waals surface area contributed by atoms with Crippen LogP contribution in [0.4, 0.5) is 0 Å². The third-order valence-electron chi connectivity index (χ3n) is 2.11. The van der Waals surface area contributed by atoms with Crippen LogP contribution in [0.15, 0.2) is 36.3 Å². The van der Waals surface area contributed by atoms with E-state index in [1.54, 1.807) is 0 Å². The van der Waals surface area contributed by atoms with Gasteiger partial charge in [0.25, 0.3) is 6.20 Å². The highest BCUT2D eigenvalue weighted by molar-refractivity contribution is 5.21. The van der Waals surface area contributed by atoms with Gasteiger partial charge in [-0.05, 0) is 18.9 Å². The van der Waals surface area contributed by atoms with Gasteiger partial charge >= 0.3 is 0 Å². The zero-order valence-corrected chi connectivity index (χ0v) is 9.14. The summed E-state index contributed by atoms with van der Waals surface area (Å²) in [6.45, 7) is 2.61. The maximum atomic E-state index is 10.1. The predicted molar refractivity (Wildman–Crippen MR) is 62.2 cm³/mol. The van der Waals surface area contributed by atoms with Gasteiger partial charge in [-0.25, -0.2) is 0 Å².